The summed E-state index contributed by atoms with van der Waals surface area (Å²) in [5.74, 6) is 0. The van der Waals surface area contributed by atoms with Crippen LogP contribution in [-0.4, -0.2) is 11.3 Å². The Labute approximate surface area is 367 Å². The number of aromatic nitrogens is 1. The van der Waals surface area contributed by atoms with Crippen LogP contribution in [0.5, 0.6) is 0 Å². The van der Waals surface area contributed by atoms with Crippen molar-refractivity contribution in [3.05, 3.63) is 200 Å². The molecule has 0 atom stereocenters. The quantitative estimate of drug-likeness (QED) is 0.128. The molecule has 14 rings (SSSR count). The number of rotatable bonds is 2. The van der Waals surface area contributed by atoms with Crippen LogP contribution in [0, 0.1) is 6.85 Å². The number of hydrogen-bond acceptors (Lipinski definition) is 2. The molecule has 11 aromatic carbocycles. The summed E-state index contributed by atoms with van der Waals surface area (Å²) < 4.78 is 57.8. The molecule has 0 saturated carbocycles. The number of fused-ring (bicyclic) bond motifs is 18. The largest absolute Gasteiger partial charge is 0.353 e. The zero-order valence-electron chi connectivity index (χ0n) is 39.7. The number of nitrogens with zero attached hydrogens (tertiary/aromatic N) is 3. The van der Waals surface area contributed by atoms with Crippen LogP contribution in [0.4, 0.5) is 34.1 Å². The molecule has 0 saturated heterocycles. The van der Waals surface area contributed by atoms with Crippen LogP contribution in [-0.2, 0) is 7.05 Å². The van der Waals surface area contributed by atoms with Crippen molar-refractivity contribution in [3.8, 4) is 0 Å². The van der Waals surface area contributed by atoms with E-state index in [0.717, 1.165) is 110 Å². The van der Waals surface area contributed by atoms with Gasteiger partial charge in [0.15, 0.2) is 0 Å². The molecule has 0 bridgehead atoms. The van der Waals surface area contributed by atoms with Crippen molar-refractivity contribution in [3.63, 3.8) is 0 Å². The monoisotopic (exact) mass is 793 g/mol. The zero-order chi connectivity index (χ0) is 45.9. The molecule has 2 aliphatic heterocycles. The fraction of sp³-hybridized carbons (Fsp3) is 0.0345. The van der Waals surface area contributed by atoms with Gasteiger partial charge in [-0.15, -0.1) is 0 Å². The van der Waals surface area contributed by atoms with Gasteiger partial charge in [-0.3, -0.25) is 0 Å². The SMILES string of the molecule is [2H]c1c([2H])c(C([2H])([2H])[2H])c([2H])c2c1B1c3c(cccc3N(c3cccc4c5ccccc5c5ccccc5c34)c3c1n(C)c1ccccc31)N2c1ccc2c3ccccc3c3ccccc3c2c1. The van der Waals surface area contributed by atoms with Crippen molar-refractivity contribution in [1.82, 2.24) is 4.57 Å². The normalized spacial score (nSPS) is 14.8. The third-order valence-electron chi connectivity index (χ3n) is 13.8. The van der Waals surface area contributed by atoms with Gasteiger partial charge in [-0.25, -0.2) is 0 Å². The molecular formula is C58H38BN3. The summed E-state index contributed by atoms with van der Waals surface area (Å²) in [4.78, 5) is 4.42. The van der Waals surface area contributed by atoms with Crippen LogP contribution in [0.1, 0.15) is 13.8 Å². The highest BCUT2D eigenvalue weighted by atomic mass is 15.2. The Bertz CT molecular complexity index is 4150. The highest BCUT2D eigenvalue weighted by Crippen LogP contribution is 2.50. The fourth-order valence-electron chi connectivity index (χ4n) is 11.3. The Hall–Kier alpha value is -7.82. The lowest BCUT2D eigenvalue weighted by atomic mass is 9.35. The van der Waals surface area contributed by atoms with Crippen LogP contribution in [0.3, 0.4) is 0 Å². The molecule has 12 aromatic rings. The Kier molecular flexibility index (Phi) is 5.71. The lowest BCUT2D eigenvalue weighted by Gasteiger charge is -2.43. The molecule has 62 heavy (non-hydrogen) atoms. The van der Waals surface area contributed by atoms with Gasteiger partial charge in [-0.1, -0.05) is 152 Å². The molecule has 3 nitrogen and oxygen atoms in total. The first-order valence-electron chi connectivity index (χ1n) is 24.2. The van der Waals surface area contributed by atoms with E-state index in [1.54, 1.807) is 0 Å². The van der Waals surface area contributed by atoms with Gasteiger partial charge in [0.05, 0.1) is 15.5 Å². The van der Waals surface area contributed by atoms with E-state index in [1.165, 1.54) is 5.39 Å². The smallest absolute Gasteiger partial charge is 0.272 e. The van der Waals surface area contributed by atoms with E-state index in [1.807, 2.05) is 11.0 Å². The second-order valence-electron chi connectivity index (χ2n) is 16.7. The van der Waals surface area contributed by atoms with E-state index < -0.39 is 25.2 Å². The van der Waals surface area contributed by atoms with Gasteiger partial charge in [0.1, 0.15) is 0 Å². The van der Waals surface area contributed by atoms with Crippen LogP contribution in [0.2, 0.25) is 0 Å². The summed E-state index contributed by atoms with van der Waals surface area (Å²) >= 11 is 0. The molecule has 0 N–H and O–H groups in total. The Morgan fingerprint density at radius 3 is 1.60 bits per heavy atom. The second-order valence-corrected chi connectivity index (χ2v) is 16.7. The molecule has 0 aliphatic carbocycles. The van der Waals surface area contributed by atoms with Gasteiger partial charge in [-0.05, 0) is 125 Å². The van der Waals surface area contributed by atoms with Crippen molar-refractivity contribution in [1.29, 1.82) is 0 Å². The number of para-hydroxylation sites is 1. The molecule has 0 amide bonds. The molecule has 4 heteroatoms. The predicted octanol–water partition coefficient (Wildman–Crippen LogP) is 13.5. The van der Waals surface area contributed by atoms with Gasteiger partial charge < -0.3 is 14.4 Å². The first-order valence-corrected chi connectivity index (χ1v) is 21.2. The molecule has 3 heterocycles. The van der Waals surface area contributed by atoms with E-state index >= 15 is 0 Å². The molecule has 288 valence electrons. The third kappa shape index (κ3) is 4.35. The number of anilines is 6. The van der Waals surface area contributed by atoms with Crippen LogP contribution >= 0.6 is 0 Å². The molecule has 0 unspecified atom stereocenters. The summed E-state index contributed by atoms with van der Waals surface area (Å²) in [5, 5.41) is 14.5. The molecular weight excluding hydrogens is 749 g/mol. The first kappa shape index (κ1) is 28.6. The maximum absolute atomic E-state index is 10.0. The van der Waals surface area contributed by atoms with Crippen LogP contribution in [0.25, 0.3) is 75.5 Å². The van der Waals surface area contributed by atoms with E-state index in [9.17, 15) is 4.11 Å². The molecule has 2 aliphatic rings. The van der Waals surface area contributed by atoms with Gasteiger partial charge in [0, 0.05) is 55.8 Å². The van der Waals surface area contributed by atoms with Crippen LogP contribution < -0.4 is 26.3 Å². The third-order valence-corrected chi connectivity index (χ3v) is 13.8. The van der Waals surface area contributed by atoms with Gasteiger partial charge in [-0.2, -0.15) is 0 Å². The summed E-state index contributed by atoms with van der Waals surface area (Å²) in [5.41, 5.74) is 7.50. The van der Waals surface area contributed by atoms with E-state index in [0.29, 0.717) is 11.2 Å². The van der Waals surface area contributed by atoms with Gasteiger partial charge in [0.2, 0.25) is 0 Å². The van der Waals surface area contributed by atoms with Crippen molar-refractivity contribution in [2.45, 2.75) is 6.85 Å². The van der Waals surface area contributed by atoms with Crippen molar-refractivity contribution in [2.75, 3.05) is 9.80 Å². The summed E-state index contributed by atoms with van der Waals surface area (Å²) in [6.07, 6.45) is 0. The van der Waals surface area contributed by atoms with Crippen molar-refractivity contribution >= 4 is 133 Å². The van der Waals surface area contributed by atoms with Gasteiger partial charge in [0.25, 0.3) is 6.71 Å². The minimum Gasteiger partial charge on any atom is -0.353 e. The maximum atomic E-state index is 10.0. The zero-order valence-corrected chi connectivity index (χ0v) is 33.7. The minimum absolute atomic E-state index is 0.193. The molecule has 0 radical (unpaired) electrons. The number of benzene rings is 11. The van der Waals surface area contributed by atoms with E-state index in [2.05, 4.69) is 186 Å². The lowest BCUT2D eigenvalue weighted by Crippen LogP contribution is -2.62. The minimum atomic E-state index is -2.82. The number of aryl methyl sites for hydroxylation is 1. The van der Waals surface area contributed by atoms with Crippen molar-refractivity contribution < 1.29 is 8.22 Å². The standard InChI is InChI=1S/C58H38BN3/c1-35-29-32-49-54(33-35)61(36-30-31-44-39-17-4-3-15-37(39)38-16-6-8-21-43(38)48(44)34-36)52-27-14-28-53-56(52)59(49)58-57(47-23-11-12-25-50(47)60(58)2)62(53)51-26-13-24-46-42-19-7-5-18-40(42)41-20-9-10-22-45(41)55(46)51/h3-34H,1-2H3/i1D3,29D,32D,33D. The Morgan fingerprint density at radius 2 is 0.952 bits per heavy atom. The van der Waals surface area contributed by atoms with E-state index in [-0.39, 0.29) is 12.1 Å². The van der Waals surface area contributed by atoms with E-state index in [4.69, 9.17) is 4.11 Å². The van der Waals surface area contributed by atoms with Gasteiger partial charge >= 0.3 is 0 Å². The highest BCUT2D eigenvalue weighted by molar-refractivity contribution is 7.00. The highest BCUT2D eigenvalue weighted by Gasteiger charge is 2.46. The Balaban J connectivity index is 1.15. The van der Waals surface area contributed by atoms with Crippen molar-refractivity contribution in [2.24, 2.45) is 7.05 Å². The molecule has 1 aromatic heterocycles. The average Bonchev–Trinajstić information content (AvgIpc) is 3.66. The average molecular weight is 794 g/mol. The fourth-order valence-corrected chi connectivity index (χ4v) is 11.3. The predicted molar refractivity (Wildman–Crippen MR) is 267 cm³/mol. The Morgan fingerprint density at radius 1 is 0.452 bits per heavy atom. The molecule has 0 fully saturated rings. The molecule has 0 spiro atoms. The lowest BCUT2D eigenvalue weighted by molar-refractivity contribution is 0.997. The summed E-state index contributed by atoms with van der Waals surface area (Å²) in [7, 11) is 2.06. The van der Waals surface area contributed by atoms with Crippen LogP contribution in [0.15, 0.2) is 194 Å². The number of hydrogen-bond donors (Lipinski definition) is 0. The maximum Gasteiger partial charge on any atom is 0.272 e. The second kappa shape index (κ2) is 12.4. The summed E-state index contributed by atoms with van der Waals surface area (Å²) in [6, 6.07) is 60.8. The topological polar surface area (TPSA) is 11.4 Å². The first-order chi connectivity index (χ1) is 33.1. The summed E-state index contributed by atoms with van der Waals surface area (Å²) in [6.45, 7) is -3.46.